The van der Waals surface area contributed by atoms with E-state index in [1.165, 1.54) is 0 Å². The molecule has 0 unspecified atom stereocenters. The molecule has 1 radical (unpaired) electrons. The van der Waals surface area contributed by atoms with E-state index in [1.807, 2.05) is 45.9 Å². The first-order chi connectivity index (χ1) is 8.16. The average molecular weight is 322 g/mol. The molecule has 1 amide bonds. The number of nitrogens with zero attached hydrogens (tertiary/aromatic N) is 1. The van der Waals surface area contributed by atoms with Gasteiger partial charge < -0.3 is 16.6 Å². The van der Waals surface area contributed by atoms with Crippen LogP contribution < -0.4 is 0 Å². The summed E-state index contributed by atoms with van der Waals surface area (Å²) in [4.78, 5) is 13.8. The molecule has 0 aromatic carbocycles. The van der Waals surface area contributed by atoms with Crippen LogP contribution in [-0.2, 0) is 37.5 Å². The van der Waals surface area contributed by atoms with Crippen molar-refractivity contribution in [3.05, 3.63) is 42.9 Å². The summed E-state index contributed by atoms with van der Waals surface area (Å²) in [5.74, 6) is 0.00259. The van der Waals surface area contributed by atoms with E-state index in [0.717, 1.165) is 6.42 Å². The van der Waals surface area contributed by atoms with Gasteiger partial charge >= 0.3 is 0 Å². The van der Waals surface area contributed by atoms with E-state index in [1.54, 1.807) is 11.0 Å². The maximum absolute atomic E-state index is 12.0. The Morgan fingerprint density at radius 3 is 2.56 bits per heavy atom. The Hall–Kier alpha value is -0.206. The van der Waals surface area contributed by atoms with E-state index in [9.17, 15) is 4.79 Å². The van der Waals surface area contributed by atoms with Gasteiger partial charge in [0, 0.05) is 38.8 Å². The van der Waals surface area contributed by atoms with Crippen LogP contribution in [0.3, 0.4) is 0 Å². The Morgan fingerprint density at radius 1 is 1.44 bits per heavy atom. The van der Waals surface area contributed by atoms with Crippen molar-refractivity contribution in [2.75, 3.05) is 6.54 Å². The third-order valence-corrected chi connectivity index (χ3v) is 2.27. The minimum atomic E-state index is 0. The SMILES string of the molecule is CC.[CH2-]CN(C(=O)C1=[C-]C=CCC=C1)C(C)C.[Y]. The molecule has 1 aliphatic rings. The van der Waals surface area contributed by atoms with Gasteiger partial charge in [0.1, 0.15) is 0 Å². The first-order valence-electron chi connectivity index (χ1n) is 6.22. The van der Waals surface area contributed by atoms with Gasteiger partial charge in [0.25, 0.3) is 0 Å². The van der Waals surface area contributed by atoms with E-state index < -0.39 is 0 Å². The van der Waals surface area contributed by atoms with Gasteiger partial charge in [-0.15, -0.1) is 30.8 Å². The second-order valence-electron chi connectivity index (χ2n) is 3.69. The summed E-state index contributed by atoms with van der Waals surface area (Å²) in [7, 11) is 0. The summed E-state index contributed by atoms with van der Waals surface area (Å²) in [6.07, 6.45) is 11.4. The normalized spacial score (nSPS) is 12.9. The Morgan fingerprint density at radius 2 is 2.06 bits per heavy atom. The third-order valence-electron chi connectivity index (χ3n) is 2.27. The maximum atomic E-state index is 12.0. The number of rotatable bonds is 3. The second-order valence-corrected chi connectivity index (χ2v) is 3.69. The van der Waals surface area contributed by atoms with E-state index in [0.29, 0.717) is 12.1 Å². The van der Waals surface area contributed by atoms with Crippen LogP contribution >= 0.6 is 0 Å². The van der Waals surface area contributed by atoms with Crippen molar-refractivity contribution in [3.8, 4) is 0 Å². The molecule has 1 rings (SSSR count). The molecule has 0 heterocycles. The number of hydrogen-bond acceptors (Lipinski definition) is 1. The van der Waals surface area contributed by atoms with Crippen LogP contribution in [0.2, 0.25) is 0 Å². The van der Waals surface area contributed by atoms with Crippen LogP contribution in [0.25, 0.3) is 0 Å². The van der Waals surface area contributed by atoms with Crippen LogP contribution in [-0.4, -0.2) is 23.4 Å². The van der Waals surface area contributed by atoms with Gasteiger partial charge in [-0.3, -0.25) is 0 Å². The summed E-state index contributed by atoms with van der Waals surface area (Å²) < 4.78 is 0. The molecule has 0 spiro atoms. The molecule has 18 heavy (non-hydrogen) atoms. The molecule has 0 atom stereocenters. The first-order valence-corrected chi connectivity index (χ1v) is 6.22. The standard InChI is InChI=1S/C13H17NO.C2H6.Y/c1-4-14(11(2)3)13(15)12-9-7-5-6-8-10-12;1-2;/h5,7-8,10-11H,1,4,6H2,2-3H3;1-2H3;/q-2;;. The fourth-order valence-corrected chi connectivity index (χ4v) is 1.41. The van der Waals surface area contributed by atoms with E-state index in [-0.39, 0.29) is 44.7 Å². The minimum Gasteiger partial charge on any atom is -0.406 e. The summed E-state index contributed by atoms with van der Waals surface area (Å²) in [6, 6.07) is 0.171. The summed E-state index contributed by atoms with van der Waals surface area (Å²) in [5.41, 5.74) is 0.612. The van der Waals surface area contributed by atoms with E-state index in [2.05, 4.69) is 13.0 Å². The molecule has 0 saturated carbocycles. The Bertz CT molecular complexity index is 316. The van der Waals surface area contributed by atoms with Crippen LogP contribution in [0.4, 0.5) is 0 Å². The number of hydrogen-bond donors (Lipinski definition) is 0. The topological polar surface area (TPSA) is 20.3 Å². The molecule has 0 aromatic rings. The van der Waals surface area contributed by atoms with Gasteiger partial charge in [0.05, 0.1) is 0 Å². The van der Waals surface area contributed by atoms with Gasteiger partial charge in [-0.1, -0.05) is 25.8 Å². The molecule has 1 aliphatic carbocycles. The van der Waals surface area contributed by atoms with Crippen molar-refractivity contribution in [2.45, 2.75) is 40.2 Å². The number of allylic oxidation sites excluding steroid dienone is 4. The van der Waals surface area contributed by atoms with E-state index in [4.69, 9.17) is 0 Å². The molecule has 99 valence electrons. The Kier molecular flexibility index (Phi) is 13.3. The first kappa shape index (κ1) is 20.1. The van der Waals surface area contributed by atoms with Gasteiger partial charge in [-0.2, -0.15) is 6.08 Å². The van der Waals surface area contributed by atoms with Gasteiger partial charge in [-0.25, -0.2) is 0 Å². The Balaban J connectivity index is 0. The maximum Gasteiger partial charge on any atom is 0.165 e. The van der Waals surface area contributed by atoms with Crippen molar-refractivity contribution in [1.82, 2.24) is 4.90 Å². The largest absolute Gasteiger partial charge is 0.406 e. The molecule has 0 saturated heterocycles. The van der Waals surface area contributed by atoms with Crippen molar-refractivity contribution in [3.63, 3.8) is 0 Å². The second kappa shape index (κ2) is 11.9. The predicted octanol–water partition coefficient (Wildman–Crippen LogP) is 3.33. The molecule has 0 aliphatic heterocycles. The van der Waals surface area contributed by atoms with E-state index >= 15 is 0 Å². The van der Waals surface area contributed by atoms with Crippen molar-refractivity contribution in [1.29, 1.82) is 0 Å². The molecule has 0 aromatic heterocycles. The third kappa shape index (κ3) is 6.65. The summed E-state index contributed by atoms with van der Waals surface area (Å²) in [6.45, 7) is 12.2. The van der Waals surface area contributed by atoms with Gasteiger partial charge in [-0.05, 0) is 13.8 Å². The smallest absolute Gasteiger partial charge is 0.165 e. The van der Waals surface area contributed by atoms with Crippen LogP contribution in [0.1, 0.15) is 34.1 Å². The van der Waals surface area contributed by atoms with Crippen molar-refractivity contribution < 1.29 is 37.5 Å². The molecule has 2 nitrogen and oxygen atoms in total. The fraction of sp³-hybridized carbons (Fsp3) is 0.467. The van der Waals surface area contributed by atoms with Crippen molar-refractivity contribution in [2.24, 2.45) is 0 Å². The van der Waals surface area contributed by atoms with Gasteiger partial charge in [0.15, 0.2) is 5.91 Å². The van der Waals surface area contributed by atoms with Crippen LogP contribution in [0, 0.1) is 13.0 Å². The Labute approximate surface area is 137 Å². The average Bonchev–Trinajstić information content (AvgIpc) is 2.60. The van der Waals surface area contributed by atoms with Gasteiger partial charge in [0.2, 0.25) is 0 Å². The van der Waals surface area contributed by atoms with Crippen LogP contribution in [0.15, 0.2) is 29.9 Å². The molecule has 0 fully saturated rings. The molecule has 0 bridgehead atoms. The molecular weight excluding hydrogens is 299 g/mol. The molecule has 0 N–H and O–H groups in total. The van der Waals surface area contributed by atoms with Crippen LogP contribution in [0.5, 0.6) is 0 Å². The zero-order valence-electron chi connectivity index (χ0n) is 11.9. The predicted molar refractivity (Wildman–Crippen MR) is 73.2 cm³/mol. The molecular formula is C15H23NOY-2. The zero-order valence-corrected chi connectivity index (χ0v) is 14.8. The quantitative estimate of drug-likeness (QED) is 0.730. The summed E-state index contributed by atoms with van der Waals surface area (Å²) >= 11 is 0. The zero-order chi connectivity index (χ0) is 13.3. The monoisotopic (exact) mass is 322 g/mol. The fourth-order valence-electron chi connectivity index (χ4n) is 1.41. The number of carbonyl (C=O) groups excluding carboxylic acids is 1. The summed E-state index contributed by atoms with van der Waals surface area (Å²) in [5, 5.41) is 0. The molecule has 3 heteroatoms. The number of carbonyl (C=O) groups is 1. The van der Waals surface area contributed by atoms with Crippen molar-refractivity contribution >= 4 is 5.91 Å². The number of amides is 1. The minimum absolute atomic E-state index is 0.